The minimum atomic E-state index is -4.78. The first-order valence-corrected chi connectivity index (χ1v) is 11.2. The lowest BCUT2D eigenvalue weighted by molar-refractivity contribution is 0.0153. The molecule has 6 nitrogen and oxygen atoms in total. The van der Waals surface area contributed by atoms with E-state index in [2.05, 4.69) is 0 Å². The normalized spacial score (nSPS) is 34.0. The Balaban J connectivity index is 3.69. The second kappa shape index (κ2) is 6.65. The van der Waals surface area contributed by atoms with Crippen LogP contribution in [0.5, 0.6) is 0 Å². The molecule has 1 aliphatic heterocycles. The van der Waals surface area contributed by atoms with E-state index in [1.807, 2.05) is 0 Å². The van der Waals surface area contributed by atoms with Gasteiger partial charge in [0.05, 0.1) is 11.8 Å². The van der Waals surface area contributed by atoms with Crippen LogP contribution < -0.4 is 0 Å². The molecule has 10 heteroatoms. The summed E-state index contributed by atoms with van der Waals surface area (Å²) >= 11 is 11.8. The highest BCUT2D eigenvalue weighted by Gasteiger charge is 2.78. The van der Waals surface area contributed by atoms with Crippen LogP contribution >= 0.6 is 38.4 Å². The summed E-state index contributed by atoms with van der Waals surface area (Å²) in [4.78, 5) is 19.8. The Kier molecular flexibility index (Phi) is 6.32. The fourth-order valence-electron chi connectivity index (χ4n) is 3.48. The quantitative estimate of drug-likeness (QED) is 0.495. The maximum atomic E-state index is 13.2. The van der Waals surface area contributed by atoms with E-state index in [1.54, 1.807) is 20.8 Å². The van der Waals surface area contributed by atoms with Gasteiger partial charge in [-0.25, -0.2) is 0 Å². The second-order valence-electron chi connectivity index (χ2n) is 6.05. The lowest BCUT2D eigenvalue weighted by Gasteiger charge is -2.47. The first kappa shape index (κ1) is 20.9. The third-order valence-corrected chi connectivity index (χ3v) is 10.1. The van der Waals surface area contributed by atoms with Crippen molar-refractivity contribution in [3.63, 3.8) is 0 Å². The number of hydrogen-bond acceptors (Lipinski definition) is 4. The van der Waals surface area contributed by atoms with Gasteiger partial charge in [0.2, 0.25) is 0 Å². The summed E-state index contributed by atoms with van der Waals surface area (Å²) in [5.74, 6) is 0.261. The summed E-state index contributed by atoms with van der Waals surface area (Å²) in [7, 11) is -8.56. The van der Waals surface area contributed by atoms with Crippen LogP contribution in [-0.4, -0.2) is 38.7 Å². The van der Waals surface area contributed by atoms with Crippen LogP contribution in [0.1, 0.15) is 40.5 Å². The van der Waals surface area contributed by atoms with Crippen molar-refractivity contribution in [2.75, 3.05) is 18.4 Å². The Morgan fingerprint density at radius 1 is 1.18 bits per heavy atom. The Bertz CT molecular complexity index is 500. The number of halogens is 2. The van der Waals surface area contributed by atoms with Crippen LogP contribution in [0.3, 0.4) is 0 Å². The van der Waals surface area contributed by atoms with E-state index in [9.17, 15) is 18.9 Å². The van der Waals surface area contributed by atoms with E-state index in [4.69, 9.17) is 32.2 Å². The molecule has 0 saturated carbocycles. The van der Waals surface area contributed by atoms with Crippen LogP contribution in [0.15, 0.2) is 0 Å². The maximum absolute atomic E-state index is 13.2. The Morgan fingerprint density at radius 3 is 1.95 bits per heavy atom. The van der Waals surface area contributed by atoms with E-state index in [0.717, 1.165) is 0 Å². The van der Waals surface area contributed by atoms with Gasteiger partial charge in [-0.05, 0) is 40.5 Å². The van der Waals surface area contributed by atoms with E-state index in [-0.39, 0.29) is 31.2 Å². The van der Waals surface area contributed by atoms with E-state index >= 15 is 0 Å². The van der Waals surface area contributed by atoms with Crippen molar-refractivity contribution in [2.45, 2.75) is 51.0 Å². The zero-order valence-electron chi connectivity index (χ0n) is 13.2. The fraction of sp³-hybridized carbons (Fsp3) is 1.00. The third kappa shape index (κ3) is 2.74. The minimum absolute atomic E-state index is 0.107. The van der Waals surface area contributed by atoms with Gasteiger partial charge in [0.25, 0.3) is 0 Å². The van der Waals surface area contributed by atoms with Gasteiger partial charge < -0.3 is 14.3 Å². The zero-order chi connectivity index (χ0) is 17.4. The SMILES string of the molecule is CCOP1(=O)OC(C)(P(=O)(O)O)C(CCCl)(CCCl)C1(C)C. The van der Waals surface area contributed by atoms with Gasteiger partial charge in [-0.2, -0.15) is 0 Å². The molecule has 0 bridgehead atoms. The molecule has 132 valence electrons. The molecular weight excluding hydrogens is 373 g/mol. The zero-order valence-corrected chi connectivity index (χ0v) is 16.5. The van der Waals surface area contributed by atoms with Crippen molar-refractivity contribution in [3.8, 4) is 0 Å². The fourth-order valence-corrected chi connectivity index (χ4v) is 8.57. The molecular formula is C12H24Cl2O6P2. The summed E-state index contributed by atoms with van der Waals surface area (Å²) in [6.07, 6.45) is 0.403. The highest BCUT2D eigenvalue weighted by Crippen LogP contribution is 2.84. The molecule has 2 N–H and O–H groups in total. The Hall–Kier alpha value is 0.880. The molecule has 1 rings (SSSR count). The van der Waals surface area contributed by atoms with Crippen LogP contribution in [0, 0.1) is 5.41 Å². The molecule has 0 aromatic rings. The van der Waals surface area contributed by atoms with Gasteiger partial charge in [0, 0.05) is 17.2 Å². The van der Waals surface area contributed by atoms with E-state index in [1.165, 1.54) is 6.92 Å². The standard InChI is InChI=1S/C12H24Cl2O6P2/c1-5-19-22(18)10(2,3)12(6-8-13,7-9-14)11(4,20-22)21(15,16)17/h5-9H2,1-4H3,(H2,15,16,17). The number of hydrogen-bond donors (Lipinski definition) is 2. The first-order valence-electron chi connectivity index (χ1n) is 7.02. The molecule has 2 unspecified atom stereocenters. The van der Waals surface area contributed by atoms with Crippen LogP contribution in [0.4, 0.5) is 0 Å². The molecule has 0 amide bonds. The van der Waals surface area contributed by atoms with Crippen molar-refractivity contribution in [2.24, 2.45) is 5.41 Å². The summed E-state index contributed by atoms with van der Waals surface area (Å²) in [6.45, 7) is 6.33. The minimum Gasteiger partial charge on any atom is -0.322 e. The monoisotopic (exact) mass is 396 g/mol. The average molecular weight is 397 g/mol. The van der Waals surface area contributed by atoms with Crippen molar-refractivity contribution in [1.82, 2.24) is 0 Å². The van der Waals surface area contributed by atoms with Crippen molar-refractivity contribution >= 4 is 38.4 Å². The summed E-state index contributed by atoms with van der Waals surface area (Å²) in [5.41, 5.74) is -1.17. The molecule has 1 fully saturated rings. The van der Waals surface area contributed by atoms with Gasteiger partial charge in [-0.1, -0.05) is 0 Å². The molecule has 1 heterocycles. The molecule has 22 heavy (non-hydrogen) atoms. The lowest BCUT2D eigenvalue weighted by atomic mass is 9.68. The Morgan fingerprint density at radius 2 is 1.64 bits per heavy atom. The largest absolute Gasteiger partial charge is 0.357 e. The van der Waals surface area contributed by atoms with Crippen LogP contribution in [0.2, 0.25) is 0 Å². The predicted octanol–water partition coefficient (Wildman–Crippen LogP) is 4.16. The molecule has 1 aliphatic rings. The van der Waals surface area contributed by atoms with Gasteiger partial charge >= 0.3 is 15.2 Å². The third-order valence-electron chi connectivity index (χ3n) is 4.94. The van der Waals surface area contributed by atoms with Crippen LogP contribution in [-0.2, 0) is 18.2 Å². The van der Waals surface area contributed by atoms with Crippen molar-refractivity contribution < 1.29 is 28.0 Å². The number of alkyl halides is 2. The summed E-state index contributed by atoms with van der Waals surface area (Å²) in [6, 6.07) is 0. The molecule has 2 atom stereocenters. The van der Waals surface area contributed by atoms with Crippen molar-refractivity contribution in [1.29, 1.82) is 0 Å². The van der Waals surface area contributed by atoms with E-state index in [0.29, 0.717) is 0 Å². The summed E-state index contributed by atoms with van der Waals surface area (Å²) < 4.78 is 36.3. The summed E-state index contributed by atoms with van der Waals surface area (Å²) in [5, 5.41) is -3.12. The maximum Gasteiger partial charge on any atom is 0.357 e. The highest BCUT2D eigenvalue weighted by atomic mass is 35.5. The van der Waals surface area contributed by atoms with Gasteiger partial charge in [0.1, 0.15) is 0 Å². The first-order chi connectivity index (χ1) is 9.89. The second-order valence-corrected chi connectivity index (χ2v) is 11.3. The highest BCUT2D eigenvalue weighted by molar-refractivity contribution is 7.59. The average Bonchev–Trinajstić information content (AvgIpc) is 2.47. The molecule has 0 aliphatic carbocycles. The lowest BCUT2D eigenvalue weighted by Crippen LogP contribution is -2.52. The van der Waals surface area contributed by atoms with Gasteiger partial charge in [-0.3, -0.25) is 13.7 Å². The Labute approximate surface area is 141 Å². The predicted molar refractivity (Wildman–Crippen MR) is 88.0 cm³/mol. The topological polar surface area (TPSA) is 93.1 Å². The van der Waals surface area contributed by atoms with Crippen LogP contribution in [0.25, 0.3) is 0 Å². The van der Waals surface area contributed by atoms with Gasteiger partial charge in [-0.15, -0.1) is 23.2 Å². The molecule has 1 saturated heterocycles. The number of rotatable bonds is 7. The molecule has 0 spiro atoms. The molecule has 0 radical (unpaired) electrons. The smallest absolute Gasteiger partial charge is 0.322 e. The van der Waals surface area contributed by atoms with Crippen molar-refractivity contribution in [3.05, 3.63) is 0 Å². The van der Waals surface area contributed by atoms with E-state index < -0.39 is 31.1 Å². The van der Waals surface area contributed by atoms with Gasteiger partial charge in [0.15, 0.2) is 5.34 Å². The molecule has 0 aromatic carbocycles. The molecule has 0 aromatic heterocycles.